The van der Waals surface area contributed by atoms with Crippen LogP contribution in [-0.2, 0) is 19.5 Å². The van der Waals surface area contributed by atoms with E-state index < -0.39 is 26.2 Å². The van der Waals surface area contributed by atoms with Gasteiger partial charge in [0, 0.05) is 78.0 Å². The lowest BCUT2D eigenvalue weighted by molar-refractivity contribution is 0.153. The molecule has 16 nitrogen and oxygen atoms in total. The lowest BCUT2D eigenvalue weighted by Gasteiger charge is -2.34. The van der Waals surface area contributed by atoms with Crippen LogP contribution in [-0.4, -0.2) is 128 Å². The first-order valence-electron chi connectivity index (χ1n) is 24.2. The highest BCUT2D eigenvalue weighted by atomic mass is 79.9. The van der Waals surface area contributed by atoms with E-state index in [1.54, 1.807) is 28.9 Å². The van der Waals surface area contributed by atoms with E-state index in [2.05, 4.69) is 90.5 Å². The molecular weight excluding hydrogens is 1030 g/mol. The Morgan fingerprint density at radius 3 is 1.58 bits per heavy atom. The maximum atomic E-state index is 11.9. The van der Waals surface area contributed by atoms with Gasteiger partial charge in [0.05, 0.1) is 40.2 Å². The highest BCUT2D eigenvalue weighted by Crippen LogP contribution is 2.40. The normalized spacial score (nSPS) is 16.7. The molecule has 3 fully saturated rings. The van der Waals surface area contributed by atoms with Gasteiger partial charge in [-0.2, -0.15) is 4.31 Å². The molecule has 0 bridgehead atoms. The zero-order valence-corrected chi connectivity index (χ0v) is 47.1. The Morgan fingerprint density at radius 1 is 0.652 bits per heavy atom. The lowest BCUT2D eigenvalue weighted by Crippen LogP contribution is -2.48. The minimum absolute atomic E-state index is 0.364. The molecule has 372 valence electrons. The van der Waals surface area contributed by atoms with Gasteiger partial charge >= 0.3 is 0 Å². The van der Waals surface area contributed by atoms with Gasteiger partial charge in [0.15, 0.2) is 0 Å². The smallest absolute Gasteiger partial charge is 0.215 e. The number of ether oxygens (including phenoxy) is 2. The molecule has 3 aliphatic rings. The zero-order chi connectivity index (χ0) is 48.8. The van der Waals surface area contributed by atoms with E-state index in [4.69, 9.17) is 19.4 Å². The summed E-state index contributed by atoms with van der Waals surface area (Å²) in [5.41, 5.74) is 4.24. The Kier molecular flexibility index (Phi) is 17.1. The fraction of sp³-hybridized carbons (Fsp3) is 0.574. The van der Waals surface area contributed by atoms with Crippen molar-refractivity contribution >= 4 is 114 Å². The number of hydrogen-bond acceptors (Lipinski definition) is 17. The zero-order valence-electron chi connectivity index (χ0n) is 41.1. The molecule has 6 aromatic heterocycles. The van der Waals surface area contributed by atoms with Crippen LogP contribution in [0, 0.1) is 0 Å². The maximum Gasteiger partial charge on any atom is 0.215 e. The number of pyridine rings is 4. The summed E-state index contributed by atoms with van der Waals surface area (Å²) >= 11 is 6.81. The molecule has 9 rings (SSSR count). The molecule has 2 aliphatic carbocycles. The molecule has 1 aliphatic heterocycles. The summed E-state index contributed by atoms with van der Waals surface area (Å²) in [6.45, 7) is 18.5. The van der Waals surface area contributed by atoms with Gasteiger partial charge in [-0.1, -0.05) is 87.6 Å². The fourth-order valence-corrected chi connectivity index (χ4v) is 13.2. The number of halogens is 1. The number of anilines is 5. The van der Waals surface area contributed by atoms with Gasteiger partial charge in [-0.25, -0.2) is 18.4 Å². The van der Waals surface area contributed by atoms with Crippen LogP contribution in [0.15, 0.2) is 53.3 Å². The molecule has 7 heterocycles. The molecule has 0 unspecified atom stereocenters. The molecule has 6 aromatic rings. The predicted octanol–water partition coefficient (Wildman–Crippen LogP) is 11.0. The average molecular weight is 1100 g/mol. The fourth-order valence-electron chi connectivity index (χ4n) is 8.56. The SMILES string of the molecule is C[Si](C)(C)CCOCN(c1ccc2ncc(Br)cc2n1)c1nnc(C2CCCC2)s1.C[Si](C)(C)CCOCN(c1ccc2ncc(N3CCN(S(C)(=O)=O)CC3)cc2n1)c1nnc(C2CCCC2)s1. The van der Waals surface area contributed by atoms with E-state index in [-0.39, 0.29) is 0 Å². The molecule has 1 saturated heterocycles. The summed E-state index contributed by atoms with van der Waals surface area (Å²) in [5, 5.41) is 22.1. The lowest BCUT2D eigenvalue weighted by atomic mass is 10.1. The van der Waals surface area contributed by atoms with Gasteiger partial charge in [-0.15, -0.1) is 20.4 Å². The molecule has 0 aromatic carbocycles. The van der Waals surface area contributed by atoms with E-state index in [0.29, 0.717) is 58.1 Å². The van der Waals surface area contributed by atoms with E-state index in [0.717, 1.165) is 82.8 Å². The molecule has 69 heavy (non-hydrogen) atoms. The molecule has 2 saturated carbocycles. The topological polar surface area (TPSA) is 169 Å². The van der Waals surface area contributed by atoms with Gasteiger partial charge in [0.1, 0.15) is 35.1 Å². The van der Waals surface area contributed by atoms with Gasteiger partial charge < -0.3 is 14.4 Å². The summed E-state index contributed by atoms with van der Waals surface area (Å²) in [5.74, 6) is 2.62. The van der Waals surface area contributed by atoms with Crippen LogP contribution in [0.4, 0.5) is 27.6 Å². The Labute approximate surface area is 425 Å². The van der Waals surface area contributed by atoms with E-state index in [9.17, 15) is 8.42 Å². The predicted molar refractivity (Wildman–Crippen MR) is 290 cm³/mol. The van der Waals surface area contributed by atoms with Crippen molar-refractivity contribution < 1.29 is 17.9 Å². The van der Waals surface area contributed by atoms with Crippen molar-refractivity contribution in [1.29, 1.82) is 0 Å². The first-order valence-corrected chi connectivity index (χ1v) is 35.9. The summed E-state index contributed by atoms with van der Waals surface area (Å²) in [7, 11) is -5.53. The molecule has 0 N–H and O–H groups in total. The summed E-state index contributed by atoms with van der Waals surface area (Å²) in [4.78, 5) is 25.2. The maximum absolute atomic E-state index is 11.9. The average Bonchev–Trinajstić information content (AvgIpc) is 4.17. The Morgan fingerprint density at radius 2 is 1.12 bits per heavy atom. The van der Waals surface area contributed by atoms with Crippen molar-refractivity contribution in [3.63, 3.8) is 0 Å². The number of nitrogens with zero attached hydrogens (tertiary/aromatic N) is 12. The number of fused-ring (bicyclic) bond motifs is 2. The van der Waals surface area contributed by atoms with E-state index in [1.165, 1.54) is 61.9 Å². The van der Waals surface area contributed by atoms with Crippen molar-refractivity contribution in [2.24, 2.45) is 0 Å². The van der Waals surface area contributed by atoms with Crippen LogP contribution in [0.2, 0.25) is 51.4 Å². The van der Waals surface area contributed by atoms with Gasteiger partial charge in [-0.3, -0.25) is 19.8 Å². The van der Waals surface area contributed by atoms with Crippen molar-refractivity contribution in [1.82, 2.24) is 44.6 Å². The van der Waals surface area contributed by atoms with Gasteiger partial charge in [0.2, 0.25) is 20.3 Å². The van der Waals surface area contributed by atoms with Gasteiger partial charge in [0.25, 0.3) is 0 Å². The van der Waals surface area contributed by atoms with Crippen LogP contribution in [0.5, 0.6) is 0 Å². The first-order chi connectivity index (χ1) is 33.0. The van der Waals surface area contributed by atoms with Gasteiger partial charge in [-0.05, 0) is 90.1 Å². The Bertz CT molecular complexity index is 2750. The Balaban J connectivity index is 0.000000192. The third-order valence-electron chi connectivity index (χ3n) is 12.8. The highest BCUT2D eigenvalue weighted by molar-refractivity contribution is 9.10. The summed E-state index contributed by atoms with van der Waals surface area (Å²) < 4.78 is 38.5. The summed E-state index contributed by atoms with van der Waals surface area (Å²) in [6.07, 6.45) is 14.8. The molecule has 22 heteroatoms. The highest BCUT2D eigenvalue weighted by Gasteiger charge is 2.28. The number of rotatable bonds is 18. The van der Waals surface area contributed by atoms with Crippen LogP contribution in [0.1, 0.15) is 73.2 Å². The van der Waals surface area contributed by atoms with Crippen molar-refractivity contribution in [3.8, 4) is 0 Å². The van der Waals surface area contributed by atoms with Crippen molar-refractivity contribution in [2.45, 2.75) is 115 Å². The standard InChI is InChI=1S/C26H39N7O3S2Si.C21H28BrN5OSSi/c1-38(34,35)32-13-11-31(12-14-32)21-17-23-22(27-18-21)9-10-24(28-23)33(19-36-15-16-39(2,3)4)26-30-29-25(37-26)20-7-5-6-8-20;1-30(2,3)11-10-28-14-27(21-26-25-20(29-21)15-6-4-5-7-15)19-9-8-17-18(24-19)12-16(22)13-23-17/h9-10,17-18,20H,5-8,11-16,19H2,1-4H3;8-9,12-13,15H,4-7,10-11,14H2,1-3H3. The van der Waals surface area contributed by atoms with Crippen LogP contribution in [0.3, 0.4) is 0 Å². The second-order valence-electron chi connectivity index (χ2n) is 20.8. The monoisotopic (exact) mass is 1090 g/mol. The number of aromatic nitrogens is 8. The van der Waals surface area contributed by atoms with E-state index in [1.807, 2.05) is 52.4 Å². The third-order valence-corrected chi connectivity index (χ3v) is 20.2. The van der Waals surface area contributed by atoms with Crippen molar-refractivity contribution in [2.75, 3.05) is 73.8 Å². The quantitative estimate of drug-likeness (QED) is 0.0452. The van der Waals surface area contributed by atoms with Crippen LogP contribution >= 0.6 is 38.6 Å². The molecular formula is C47H67BrN12O4S3Si2. The largest absolute Gasteiger partial charge is 0.368 e. The van der Waals surface area contributed by atoms with E-state index >= 15 is 0 Å². The minimum Gasteiger partial charge on any atom is -0.368 e. The molecule has 0 amide bonds. The third kappa shape index (κ3) is 14.3. The molecule has 0 atom stereocenters. The van der Waals surface area contributed by atoms with Crippen LogP contribution < -0.4 is 14.7 Å². The molecule has 0 spiro atoms. The number of sulfonamides is 1. The second kappa shape index (κ2) is 22.9. The second-order valence-corrected chi connectivity index (χ2v) is 36.9. The number of piperazine rings is 1. The Hall–Kier alpha value is -3.62. The van der Waals surface area contributed by atoms with Crippen molar-refractivity contribution in [3.05, 3.63) is 63.3 Å². The van der Waals surface area contributed by atoms with Crippen LogP contribution in [0.25, 0.3) is 22.1 Å². The number of hydrogen-bond donors (Lipinski definition) is 0. The minimum atomic E-state index is -3.18. The summed E-state index contributed by atoms with van der Waals surface area (Å²) in [6, 6.07) is 14.2. The first kappa shape index (κ1) is 51.7. The molecule has 0 radical (unpaired) electrons.